The highest BCUT2D eigenvalue weighted by atomic mass is 35.5. The first-order valence-electron chi connectivity index (χ1n) is 12.3. The minimum Gasteiger partial charge on any atom is -0.493 e. The number of fused-ring (bicyclic) bond motifs is 2. The molecule has 9 heteroatoms. The summed E-state index contributed by atoms with van der Waals surface area (Å²) in [6.07, 6.45) is 1.63. The van der Waals surface area contributed by atoms with Crippen LogP contribution in [0.1, 0.15) is 38.7 Å². The molecule has 8 nitrogen and oxygen atoms in total. The van der Waals surface area contributed by atoms with Crippen LogP contribution in [0, 0.1) is 25.2 Å². The molecule has 3 aromatic carbocycles. The zero-order valence-electron chi connectivity index (χ0n) is 22.0. The van der Waals surface area contributed by atoms with Gasteiger partial charge in [-0.05, 0) is 55.3 Å². The lowest BCUT2D eigenvalue weighted by molar-refractivity contribution is 0.0702. The predicted octanol–water partition coefficient (Wildman–Crippen LogP) is 6.71. The quantitative estimate of drug-likeness (QED) is 0.151. The largest absolute Gasteiger partial charge is 0.493 e. The van der Waals surface area contributed by atoms with E-state index >= 15 is 0 Å². The standard InChI is InChI=1S/C31H25ClN2O6/c1-5-10-37-24-9-6-18(12-27(24)36-4)28-20-8-7-19(13-26(20)40-30(34)22(28)15-33)38-31(35)29-17(3)21-14-23(32)16(2)11-25(21)39-29/h5-9,11-14,28H,1,10,34H2,2-4H3. The molecule has 4 aromatic rings. The minimum absolute atomic E-state index is 0.0465. The molecule has 1 unspecified atom stereocenters. The van der Waals surface area contributed by atoms with Crippen LogP contribution >= 0.6 is 11.6 Å². The highest BCUT2D eigenvalue weighted by Crippen LogP contribution is 2.45. The first-order chi connectivity index (χ1) is 19.2. The average molecular weight is 557 g/mol. The summed E-state index contributed by atoms with van der Waals surface area (Å²) in [5, 5.41) is 11.2. The fourth-order valence-corrected chi connectivity index (χ4v) is 4.83. The molecule has 2 heterocycles. The molecule has 2 N–H and O–H groups in total. The molecule has 202 valence electrons. The molecular weight excluding hydrogens is 532 g/mol. The zero-order chi connectivity index (χ0) is 28.6. The van der Waals surface area contributed by atoms with E-state index < -0.39 is 11.9 Å². The van der Waals surface area contributed by atoms with Crippen LogP contribution in [0.25, 0.3) is 11.0 Å². The van der Waals surface area contributed by atoms with Crippen molar-refractivity contribution in [2.75, 3.05) is 13.7 Å². The fraction of sp³-hybridized carbons (Fsp3) is 0.161. The van der Waals surface area contributed by atoms with Gasteiger partial charge in [-0.25, -0.2) is 4.79 Å². The monoisotopic (exact) mass is 556 g/mol. The maximum Gasteiger partial charge on any atom is 0.379 e. The third kappa shape index (κ3) is 4.72. The number of nitrogens with two attached hydrogens (primary N) is 1. The molecule has 40 heavy (non-hydrogen) atoms. The van der Waals surface area contributed by atoms with E-state index in [-0.39, 0.29) is 23.0 Å². The van der Waals surface area contributed by atoms with E-state index in [0.717, 1.165) is 16.5 Å². The molecule has 0 saturated carbocycles. The Kier molecular flexibility index (Phi) is 7.16. The number of rotatable bonds is 7. The lowest BCUT2D eigenvalue weighted by atomic mass is 9.83. The summed E-state index contributed by atoms with van der Waals surface area (Å²) in [5.74, 6) is 0.403. The molecule has 1 aromatic heterocycles. The van der Waals surface area contributed by atoms with Gasteiger partial charge >= 0.3 is 5.97 Å². The molecule has 0 saturated heterocycles. The first kappa shape index (κ1) is 26.7. The number of hydrogen-bond acceptors (Lipinski definition) is 8. The number of nitriles is 1. The summed E-state index contributed by atoms with van der Waals surface area (Å²) in [4.78, 5) is 13.1. The van der Waals surface area contributed by atoms with Crippen LogP contribution in [0.3, 0.4) is 0 Å². The number of allylic oxidation sites excluding steroid dienone is 1. The Morgan fingerprint density at radius 1 is 1.18 bits per heavy atom. The topological polar surface area (TPSA) is 117 Å². The summed E-state index contributed by atoms with van der Waals surface area (Å²) in [6.45, 7) is 7.60. The summed E-state index contributed by atoms with van der Waals surface area (Å²) >= 11 is 6.26. The molecule has 0 aliphatic carbocycles. The van der Waals surface area contributed by atoms with Gasteiger partial charge in [-0.3, -0.25) is 0 Å². The van der Waals surface area contributed by atoms with Crippen molar-refractivity contribution in [3.63, 3.8) is 0 Å². The van der Waals surface area contributed by atoms with Crippen LogP contribution in [0.2, 0.25) is 5.02 Å². The maximum absolute atomic E-state index is 13.1. The van der Waals surface area contributed by atoms with Crippen LogP contribution in [0.15, 0.2) is 77.1 Å². The van der Waals surface area contributed by atoms with Gasteiger partial charge in [-0.1, -0.05) is 36.4 Å². The number of nitrogens with zero attached hydrogens (tertiary/aromatic N) is 1. The van der Waals surface area contributed by atoms with E-state index in [4.69, 9.17) is 40.7 Å². The highest BCUT2D eigenvalue weighted by molar-refractivity contribution is 6.32. The van der Waals surface area contributed by atoms with Crippen molar-refractivity contribution in [3.05, 3.63) is 106 Å². The molecule has 1 aliphatic rings. The normalized spacial score (nSPS) is 14.2. The molecule has 0 amide bonds. The molecule has 1 aliphatic heterocycles. The summed E-state index contributed by atoms with van der Waals surface area (Å²) in [5.41, 5.74) is 9.81. The number of carbonyl (C=O) groups is 1. The number of methoxy groups -OCH3 is 1. The van der Waals surface area contributed by atoms with E-state index in [0.29, 0.717) is 45.6 Å². The zero-order valence-corrected chi connectivity index (χ0v) is 22.8. The molecule has 0 radical (unpaired) electrons. The van der Waals surface area contributed by atoms with Crippen LogP contribution in [0.4, 0.5) is 0 Å². The predicted molar refractivity (Wildman–Crippen MR) is 150 cm³/mol. The maximum atomic E-state index is 13.1. The third-order valence-electron chi connectivity index (χ3n) is 6.68. The molecule has 1 atom stereocenters. The third-order valence-corrected chi connectivity index (χ3v) is 7.09. The smallest absolute Gasteiger partial charge is 0.379 e. The van der Waals surface area contributed by atoms with Gasteiger partial charge in [0, 0.05) is 27.6 Å². The van der Waals surface area contributed by atoms with Crippen molar-refractivity contribution in [1.82, 2.24) is 0 Å². The van der Waals surface area contributed by atoms with Crippen LogP contribution in [-0.4, -0.2) is 19.7 Å². The Hall–Kier alpha value is -4.87. The Balaban J connectivity index is 1.48. The van der Waals surface area contributed by atoms with Crippen molar-refractivity contribution < 1.29 is 28.2 Å². The summed E-state index contributed by atoms with van der Waals surface area (Å²) in [6, 6.07) is 16.0. The molecule has 0 bridgehead atoms. The number of hydrogen-bond donors (Lipinski definition) is 1. The van der Waals surface area contributed by atoms with Gasteiger partial charge in [-0.15, -0.1) is 0 Å². The molecule has 0 spiro atoms. The first-order valence-corrected chi connectivity index (χ1v) is 12.7. The van der Waals surface area contributed by atoms with Gasteiger partial charge in [0.15, 0.2) is 11.5 Å². The fourth-order valence-electron chi connectivity index (χ4n) is 4.66. The van der Waals surface area contributed by atoms with E-state index in [2.05, 4.69) is 12.6 Å². The number of carbonyl (C=O) groups excluding carboxylic acids is 1. The highest BCUT2D eigenvalue weighted by Gasteiger charge is 2.32. The molecule has 5 rings (SSSR count). The van der Waals surface area contributed by atoms with Gasteiger partial charge < -0.3 is 29.1 Å². The van der Waals surface area contributed by atoms with Crippen molar-refractivity contribution in [2.45, 2.75) is 19.8 Å². The second-order valence-corrected chi connectivity index (χ2v) is 9.58. The Bertz CT molecular complexity index is 1750. The number of benzene rings is 3. The number of ether oxygens (including phenoxy) is 4. The number of esters is 1. The average Bonchev–Trinajstić information content (AvgIpc) is 3.26. The van der Waals surface area contributed by atoms with E-state index in [1.165, 1.54) is 7.11 Å². The van der Waals surface area contributed by atoms with Gasteiger partial charge in [-0.2, -0.15) is 5.26 Å². The Morgan fingerprint density at radius 3 is 2.70 bits per heavy atom. The van der Waals surface area contributed by atoms with Crippen LogP contribution < -0.4 is 24.7 Å². The van der Waals surface area contributed by atoms with Crippen molar-refractivity contribution in [1.29, 1.82) is 5.26 Å². The van der Waals surface area contributed by atoms with Crippen molar-refractivity contribution >= 4 is 28.5 Å². The van der Waals surface area contributed by atoms with E-state index in [9.17, 15) is 10.1 Å². The Morgan fingerprint density at radius 2 is 1.98 bits per heavy atom. The van der Waals surface area contributed by atoms with E-state index in [1.807, 2.05) is 13.0 Å². The van der Waals surface area contributed by atoms with Crippen LogP contribution in [0.5, 0.6) is 23.0 Å². The SMILES string of the molecule is C=CCOc1ccc(C2C(C#N)=C(N)Oc3cc(OC(=O)c4oc5cc(C)c(Cl)cc5c4C)ccc32)cc1OC. The van der Waals surface area contributed by atoms with Gasteiger partial charge in [0.1, 0.15) is 35.3 Å². The lowest BCUT2D eigenvalue weighted by Crippen LogP contribution is -2.21. The number of aryl methyl sites for hydroxylation is 2. The van der Waals surface area contributed by atoms with Crippen LogP contribution in [-0.2, 0) is 0 Å². The van der Waals surface area contributed by atoms with Gasteiger partial charge in [0.05, 0.1) is 13.0 Å². The summed E-state index contributed by atoms with van der Waals surface area (Å²) < 4.78 is 28.4. The molecular formula is C31H25ClN2O6. The minimum atomic E-state index is -0.670. The lowest BCUT2D eigenvalue weighted by Gasteiger charge is -2.27. The van der Waals surface area contributed by atoms with Crippen molar-refractivity contribution in [2.24, 2.45) is 5.73 Å². The van der Waals surface area contributed by atoms with E-state index in [1.54, 1.807) is 55.5 Å². The van der Waals surface area contributed by atoms with Gasteiger partial charge in [0.2, 0.25) is 11.6 Å². The van der Waals surface area contributed by atoms with Gasteiger partial charge in [0.25, 0.3) is 0 Å². The number of halogens is 1. The second kappa shape index (κ2) is 10.7. The second-order valence-electron chi connectivity index (χ2n) is 9.18. The van der Waals surface area contributed by atoms with Crippen molar-refractivity contribution in [3.8, 4) is 29.1 Å². The molecule has 0 fully saturated rings. The number of furan rings is 1. The Labute approximate surface area is 235 Å². The summed E-state index contributed by atoms with van der Waals surface area (Å²) in [7, 11) is 1.54.